The highest BCUT2D eigenvalue weighted by Crippen LogP contribution is 2.22. The van der Waals surface area contributed by atoms with E-state index >= 15 is 0 Å². The molecule has 0 heterocycles. The number of rotatable bonds is 6. The Labute approximate surface area is 140 Å². The first-order valence-corrected chi connectivity index (χ1v) is 8.34. The fraction of sp³-hybridized carbons (Fsp3) is 0.429. The summed E-state index contributed by atoms with van der Waals surface area (Å²) in [5.74, 6) is 1.88. The van der Waals surface area contributed by atoms with Gasteiger partial charge in [0.1, 0.15) is 11.5 Å². The smallest absolute Gasteiger partial charge is 0.120 e. The zero-order valence-electron chi connectivity index (χ0n) is 15.1. The summed E-state index contributed by atoms with van der Waals surface area (Å²) in [6.07, 6.45) is 1.17. The SMILES string of the molecule is Cc1cc(C)cc(OC(C)Cc2cc(OC(C)C)ccc2C)c1. The Morgan fingerprint density at radius 3 is 2.04 bits per heavy atom. The molecule has 0 bridgehead atoms. The highest BCUT2D eigenvalue weighted by atomic mass is 16.5. The van der Waals surface area contributed by atoms with E-state index in [9.17, 15) is 0 Å². The molecule has 23 heavy (non-hydrogen) atoms. The summed E-state index contributed by atoms with van der Waals surface area (Å²) in [4.78, 5) is 0. The van der Waals surface area contributed by atoms with E-state index < -0.39 is 0 Å². The van der Waals surface area contributed by atoms with Crippen LogP contribution in [0.15, 0.2) is 36.4 Å². The zero-order chi connectivity index (χ0) is 17.0. The first-order valence-electron chi connectivity index (χ1n) is 8.34. The molecule has 0 saturated carbocycles. The van der Waals surface area contributed by atoms with Gasteiger partial charge in [-0.25, -0.2) is 0 Å². The van der Waals surface area contributed by atoms with Gasteiger partial charge in [0, 0.05) is 6.42 Å². The van der Waals surface area contributed by atoms with Crippen LogP contribution in [0.5, 0.6) is 11.5 Å². The minimum atomic E-state index is 0.115. The molecule has 2 nitrogen and oxygen atoms in total. The Hall–Kier alpha value is -1.96. The van der Waals surface area contributed by atoms with Crippen molar-refractivity contribution in [2.24, 2.45) is 0 Å². The summed E-state index contributed by atoms with van der Waals surface area (Å²) in [5.41, 5.74) is 5.02. The Bertz CT molecular complexity index is 639. The van der Waals surface area contributed by atoms with Crippen molar-refractivity contribution in [1.29, 1.82) is 0 Å². The summed E-state index contributed by atoms with van der Waals surface area (Å²) < 4.78 is 11.9. The molecule has 0 aromatic heterocycles. The maximum absolute atomic E-state index is 6.12. The second-order valence-electron chi connectivity index (χ2n) is 6.71. The molecule has 0 spiro atoms. The largest absolute Gasteiger partial charge is 0.491 e. The van der Waals surface area contributed by atoms with Gasteiger partial charge in [-0.15, -0.1) is 0 Å². The molecule has 124 valence electrons. The fourth-order valence-corrected chi connectivity index (χ4v) is 2.80. The van der Waals surface area contributed by atoms with Gasteiger partial charge in [0.05, 0.1) is 12.2 Å². The fourth-order valence-electron chi connectivity index (χ4n) is 2.80. The minimum absolute atomic E-state index is 0.115. The van der Waals surface area contributed by atoms with E-state index in [-0.39, 0.29) is 12.2 Å². The van der Waals surface area contributed by atoms with Crippen molar-refractivity contribution in [1.82, 2.24) is 0 Å². The predicted octanol–water partition coefficient (Wildman–Crippen LogP) is 5.41. The normalized spacial score (nSPS) is 12.3. The molecule has 2 rings (SSSR count). The summed E-state index contributed by atoms with van der Waals surface area (Å²) in [6.45, 7) is 12.5. The zero-order valence-corrected chi connectivity index (χ0v) is 15.1. The lowest BCUT2D eigenvalue weighted by Gasteiger charge is -2.18. The molecular weight excluding hydrogens is 284 g/mol. The molecule has 0 aliphatic carbocycles. The van der Waals surface area contributed by atoms with Crippen molar-refractivity contribution in [3.8, 4) is 11.5 Å². The monoisotopic (exact) mass is 312 g/mol. The third kappa shape index (κ3) is 5.31. The van der Waals surface area contributed by atoms with Gasteiger partial charge in [0.15, 0.2) is 0 Å². The molecule has 0 fully saturated rings. The molecule has 0 aliphatic rings. The van der Waals surface area contributed by atoms with Crippen molar-refractivity contribution in [3.63, 3.8) is 0 Å². The van der Waals surface area contributed by atoms with Crippen molar-refractivity contribution >= 4 is 0 Å². The Kier molecular flexibility index (Phi) is 5.70. The molecule has 0 amide bonds. The number of aryl methyl sites for hydroxylation is 3. The van der Waals surface area contributed by atoms with E-state index in [1.54, 1.807) is 0 Å². The van der Waals surface area contributed by atoms with Crippen molar-refractivity contribution in [3.05, 3.63) is 58.7 Å². The van der Waals surface area contributed by atoms with Crippen LogP contribution in [-0.4, -0.2) is 12.2 Å². The van der Waals surface area contributed by atoms with Crippen LogP contribution in [0.2, 0.25) is 0 Å². The van der Waals surface area contributed by atoms with Crippen LogP contribution in [0.25, 0.3) is 0 Å². The third-order valence-electron chi connectivity index (χ3n) is 3.73. The maximum atomic E-state index is 6.12. The molecular formula is C21H28O2. The summed E-state index contributed by atoms with van der Waals surface area (Å²) in [6, 6.07) is 12.6. The predicted molar refractivity (Wildman–Crippen MR) is 96.7 cm³/mol. The van der Waals surface area contributed by atoms with E-state index in [0.29, 0.717) is 0 Å². The van der Waals surface area contributed by atoms with E-state index in [1.807, 2.05) is 19.9 Å². The average molecular weight is 312 g/mol. The van der Waals surface area contributed by atoms with Crippen molar-refractivity contribution in [2.45, 2.75) is 60.2 Å². The second kappa shape index (κ2) is 7.54. The molecule has 0 aliphatic heterocycles. The standard InChI is InChI=1S/C21H28O2/c1-14(2)22-20-8-7-17(5)19(13-20)12-18(6)23-21-10-15(3)9-16(4)11-21/h7-11,13-14,18H,12H2,1-6H3. The molecule has 0 saturated heterocycles. The quantitative estimate of drug-likeness (QED) is 0.710. The van der Waals surface area contributed by atoms with E-state index in [1.165, 1.54) is 22.3 Å². The van der Waals surface area contributed by atoms with Gasteiger partial charge < -0.3 is 9.47 Å². The van der Waals surface area contributed by atoms with Gasteiger partial charge in [-0.3, -0.25) is 0 Å². The van der Waals surface area contributed by atoms with Gasteiger partial charge in [-0.05, 0) is 88.1 Å². The summed E-state index contributed by atoms with van der Waals surface area (Å²) in [5, 5.41) is 0. The van der Waals surface area contributed by atoms with Gasteiger partial charge in [0.2, 0.25) is 0 Å². The molecule has 2 aromatic carbocycles. The van der Waals surface area contributed by atoms with E-state index in [0.717, 1.165) is 17.9 Å². The highest BCUT2D eigenvalue weighted by Gasteiger charge is 2.10. The summed E-state index contributed by atoms with van der Waals surface area (Å²) >= 11 is 0. The van der Waals surface area contributed by atoms with Gasteiger partial charge in [-0.1, -0.05) is 12.1 Å². The van der Waals surface area contributed by atoms with Crippen LogP contribution < -0.4 is 9.47 Å². The number of hydrogen-bond acceptors (Lipinski definition) is 2. The van der Waals surface area contributed by atoms with E-state index in [4.69, 9.17) is 9.47 Å². The molecule has 1 unspecified atom stereocenters. The van der Waals surface area contributed by atoms with Crippen LogP contribution in [0, 0.1) is 20.8 Å². The highest BCUT2D eigenvalue weighted by molar-refractivity contribution is 5.36. The second-order valence-corrected chi connectivity index (χ2v) is 6.71. The van der Waals surface area contributed by atoms with Crippen LogP contribution in [0.3, 0.4) is 0 Å². The Balaban J connectivity index is 2.08. The maximum Gasteiger partial charge on any atom is 0.120 e. The Morgan fingerprint density at radius 1 is 0.783 bits per heavy atom. The molecule has 2 heteroatoms. The first-order chi connectivity index (χ1) is 10.8. The summed E-state index contributed by atoms with van der Waals surface area (Å²) in [7, 11) is 0. The molecule has 2 aromatic rings. The number of benzene rings is 2. The van der Waals surface area contributed by atoms with Crippen molar-refractivity contribution < 1.29 is 9.47 Å². The van der Waals surface area contributed by atoms with Gasteiger partial charge in [0.25, 0.3) is 0 Å². The van der Waals surface area contributed by atoms with Gasteiger partial charge in [-0.2, -0.15) is 0 Å². The van der Waals surface area contributed by atoms with Crippen LogP contribution in [0.1, 0.15) is 43.0 Å². The third-order valence-corrected chi connectivity index (χ3v) is 3.73. The van der Waals surface area contributed by atoms with Crippen LogP contribution >= 0.6 is 0 Å². The topological polar surface area (TPSA) is 18.5 Å². The molecule has 1 atom stereocenters. The molecule has 0 radical (unpaired) electrons. The minimum Gasteiger partial charge on any atom is -0.491 e. The van der Waals surface area contributed by atoms with Crippen LogP contribution in [0.4, 0.5) is 0 Å². The van der Waals surface area contributed by atoms with E-state index in [2.05, 4.69) is 58.0 Å². The van der Waals surface area contributed by atoms with Crippen LogP contribution in [-0.2, 0) is 6.42 Å². The molecule has 0 N–H and O–H groups in total. The lowest BCUT2D eigenvalue weighted by Crippen LogP contribution is -2.16. The van der Waals surface area contributed by atoms with Gasteiger partial charge >= 0.3 is 0 Å². The lowest BCUT2D eigenvalue weighted by molar-refractivity contribution is 0.220. The first kappa shape index (κ1) is 17.4. The Morgan fingerprint density at radius 2 is 1.43 bits per heavy atom. The lowest BCUT2D eigenvalue weighted by atomic mass is 10.0. The number of hydrogen-bond donors (Lipinski definition) is 0. The van der Waals surface area contributed by atoms with Crippen molar-refractivity contribution in [2.75, 3.05) is 0 Å². The average Bonchev–Trinajstić information content (AvgIpc) is 2.40. The number of ether oxygens (including phenoxy) is 2.